The Balaban J connectivity index is 0.00000324. The van der Waals surface area contributed by atoms with Gasteiger partial charge in [-0.2, -0.15) is 0 Å². The molecular formula is C13H23BrIN3S. The maximum Gasteiger partial charge on any atom is 0.191 e. The largest absolute Gasteiger partial charge is 0.356 e. The summed E-state index contributed by atoms with van der Waals surface area (Å²) >= 11 is 5.26. The van der Waals surface area contributed by atoms with Crippen molar-refractivity contribution in [3.63, 3.8) is 0 Å². The van der Waals surface area contributed by atoms with Gasteiger partial charge in [0.1, 0.15) is 0 Å². The average Bonchev–Trinajstić information content (AvgIpc) is 2.73. The van der Waals surface area contributed by atoms with Gasteiger partial charge < -0.3 is 10.6 Å². The van der Waals surface area contributed by atoms with Gasteiger partial charge in [0.25, 0.3) is 0 Å². The highest BCUT2D eigenvalue weighted by atomic mass is 127. The van der Waals surface area contributed by atoms with Crippen LogP contribution < -0.4 is 10.6 Å². The molecule has 110 valence electrons. The van der Waals surface area contributed by atoms with Gasteiger partial charge in [-0.05, 0) is 47.3 Å². The van der Waals surface area contributed by atoms with E-state index in [0.717, 1.165) is 18.9 Å². The Morgan fingerprint density at radius 2 is 2.05 bits per heavy atom. The number of nitrogens with one attached hydrogen (secondary N) is 2. The molecule has 1 rings (SSSR count). The number of hydrogen-bond donors (Lipinski definition) is 2. The summed E-state index contributed by atoms with van der Waals surface area (Å²) in [5.41, 5.74) is 0. The number of nitrogens with zero attached hydrogens (tertiary/aromatic N) is 1. The van der Waals surface area contributed by atoms with Crippen LogP contribution in [-0.2, 0) is 6.42 Å². The van der Waals surface area contributed by atoms with E-state index in [-0.39, 0.29) is 24.0 Å². The molecule has 0 saturated heterocycles. The minimum Gasteiger partial charge on any atom is -0.356 e. The molecule has 19 heavy (non-hydrogen) atoms. The lowest BCUT2D eigenvalue weighted by molar-refractivity contribution is 0.481. The summed E-state index contributed by atoms with van der Waals surface area (Å²) in [5.74, 6) is 1.48. The van der Waals surface area contributed by atoms with Crippen molar-refractivity contribution in [1.82, 2.24) is 10.6 Å². The first kappa shape index (κ1) is 19.2. The van der Waals surface area contributed by atoms with Gasteiger partial charge in [0.2, 0.25) is 0 Å². The van der Waals surface area contributed by atoms with Crippen LogP contribution in [-0.4, -0.2) is 25.6 Å². The Bertz CT molecular complexity index is 393. The van der Waals surface area contributed by atoms with Crippen LogP contribution in [0.3, 0.4) is 0 Å². The molecule has 1 aromatic rings. The lowest BCUT2D eigenvalue weighted by Crippen LogP contribution is -2.44. The van der Waals surface area contributed by atoms with Crippen LogP contribution >= 0.6 is 51.2 Å². The van der Waals surface area contributed by atoms with Crippen molar-refractivity contribution in [3.8, 4) is 0 Å². The van der Waals surface area contributed by atoms with Gasteiger partial charge in [-0.1, -0.05) is 13.8 Å². The maximum absolute atomic E-state index is 4.24. The molecule has 1 aromatic heterocycles. The first-order valence-electron chi connectivity index (χ1n) is 6.24. The van der Waals surface area contributed by atoms with Crippen LogP contribution in [0.2, 0.25) is 0 Å². The quantitative estimate of drug-likeness (QED) is 0.398. The van der Waals surface area contributed by atoms with Crippen LogP contribution in [0.15, 0.2) is 20.9 Å². The van der Waals surface area contributed by atoms with Crippen LogP contribution in [0.25, 0.3) is 0 Å². The Labute approximate surface area is 145 Å². The van der Waals surface area contributed by atoms with Gasteiger partial charge in [-0.25, -0.2) is 0 Å². The first-order valence-corrected chi connectivity index (χ1v) is 7.85. The van der Waals surface area contributed by atoms with Gasteiger partial charge in [0, 0.05) is 24.5 Å². The molecule has 0 aliphatic rings. The second kappa shape index (κ2) is 9.99. The minimum absolute atomic E-state index is 0. The van der Waals surface area contributed by atoms with Crippen molar-refractivity contribution < 1.29 is 0 Å². The van der Waals surface area contributed by atoms with Crippen molar-refractivity contribution in [2.45, 2.75) is 33.2 Å². The minimum atomic E-state index is 0. The lowest BCUT2D eigenvalue weighted by Gasteiger charge is -2.20. The fourth-order valence-electron chi connectivity index (χ4n) is 1.37. The molecule has 0 aliphatic heterocycles. The summed E-state index contributed by atoms with van der Waals surface area (Å²) in [4.78, 5) is 5.61. The van der Waals surface area contributed by atoms with Crippen molar-refractivity contribution in [2.24, 2.45) is 10.9 Å². The van der Waals surface area contributed by atoms with Crippen LogP contribution in [0.1, 0.15) is 25.6 Å². The topological polar surface area (TPSA) is 36.4 Å². The predicted molar refractivity (Wildman–Crippen MR) is 99.9 cm³/mol. The first-order chi connectivity index (χ1) is 8.52. The van der Waals surface area contributed by atoms with E-state index in [9.17, 15) is 0 Å². The molecule has 1 unspecified atom stereocenters. The molecule has 0 saturated carbocycles. The van der Waals surface area contributed by atoms with E-state index in [2.05, 4.69) is 64.5 Å². The van der Waals surface area contributed by atoms with Gasteiger partial charge in [0.05, 0.1) is 3.79 Å². The number of thiophene rings is 1. The summed E-state index contributed by atoms with van der Waals surface area (Å²) in [5, 5.41) is 6.73. The van der Waals surface area contributed by atoms with Gasteiger partial charge in [0.15, 0.2) is 5.96 Å². The second-order valence-electron chi connectivity index (χ2n) is 4.63. The average molecular weight is 460 g/mol. The number of aliphatic imine (C=N–C) groups is 1. The molecule has 0 bridgehead atoms. The number of halogens is 2. The summed E-state index contributed by atoms with van der Waals surface area (Å²) < 4.78 is 1.19. The molecule has 0 aliphatic carbocycles. The third-order valence-electron chi connectivity index (χ3n) is 2.88. The standard InChI is InChI=1S/C13H22BrN3S.HI/c1-9(2)10(3)17-13(15-4)16-8-7-11-5-6-12(14)18-11;/h5-6,9-10H,7-8H2,1-4H3,(H2,15,16,17);1H. The smallest absolute Gasteiger partial charge is 0.191 e. The monoisotopic (exact) mass is 459 g/mol. The molecule has 0 radical (unpaired) electrons. The summed E-state index contributed by atoms with van der Waals surface area (Å²) in [6.45, 7) is 7.48. The maximum atomic E-state index is 4.24. The number of rotatable bonds is 5. The highest BCUT2D eigenvalue weighted by Gasteiger charge is 2.08. The van der Waals surface area contributed by atoms with Crippen molar-refractivity contribution in [3.05, 3.63) is 20.8 Å². The molecule has 0 amide bonds. The molecule has 0 fully saturated rings. The number of guanidine groups is 1. The van der Waals surface area contributed by atoms with E-state index >= 15 is 0 Å². The fourth-order valence-corrected chi connectivity index (χ4v) is 2.85. The van der Waals surface area contributed by atoms with E-state index in [1.807, 2.05) is 7.05 Å². The molecule has 3 nitrogen and oxygen atoms in total. The highest BCUT2D eigenvalue weighted by molar-refractivity contribution is 14.0. The van der Waals surface area contributed by atoms with Crippen LogP contribution in [0.4, 0.5) is 0 Å². The van der Waals surface area contributed by atoms with Crippen LogP contribution in [0.5, 0.6) is 0 Å². The van der Waals surface area contributed by atoms with E-state index in [0.29, 0.717) is 12.0 Å². The third kappa shape index (κ3) is 7.51. The zero-order valence-corrected chi connectivity index (χ0v) is 16.6. The van der Waals surface area contributed by atoms with E-state index in [4.69, 9.17) is 0 Å². The molecular weight excluding hydrogens is 437 g/mol. The Morgan fingerprint density at radius 3 is 2.53 bits per heavy atom. The van der Waals surface area contributed by atoms with E-state index < -0.39 is 0 Å². The Kier molecular flexibility index (Phi) is 10.1. The van der Waals surface area contributed by atoms with Crippen molar-refractivity contribution >= 4 is 57.2 Å². The third-order valence-corrected chi connectivity index (χ3v) is 4.56. The second-order valence-corrected chi connectivity index (χ2v) is 7.18. The van der Waals surface area contributed by atoms with Gasteiger partial charge >= 0.3 is 0 Å². The zero-order chi connectivity index (χ0) is 13.5. The van der Waals surface area contributed by atoms with Crippen LogP contribution in [0, 0.1) is 5.92 Å². The van der Waals surface area contributed by atoms with Gasteiger partial charge in [-0.15, -0.1) is 35.3 Å². The van der Waals surface area contributed by atoms with Crippen molar-refractivity contribution in [1.29, 1.82) is 0 Å². The SMILES string of the molecule is CN=C(NCCc1ccc(Br)s1)NC(C)C(C)C.I. The van der Waals surface area contributed by atoms with Gasteiger partial charge in [-0.3, -0.25) is 4.99 Å². The number of hydrogen-bond acceptors (Lipinski definition) is 2. The normalized spacial score (nSPS) is 13.1. The van der Waals surface area contributed by atoms with Crippen molar-refractivity contribution in [2.75, 3.05) is 13.6 Å². The molecule has 0 aromatic carbocycles. The van der Waals surface area contributed by atoms with E-state index in [1.165, 1.54) is 8.66 Å². The molecule has 1 atom stereocenters. The van der Waals surface area contributed by atoms with E-state index in [1.54, 1.807) is 11.3 Å². The molecule has 0 spiro atoms. The Hall–Kier alpha value is 0.180. The predicted octanol–water partition coefficient (Wildman–Crippen LogP) is 3.88. The Morgan fingerprint density at radius 1 is 1.37 bits per heavy atom. The summed E-state index contributed by atoms with van der Waals surface area (Å²) in [6.07, 6.45) is 1.02. The lowest BCUT2D eigenvalue weighted by atomic mass is 10.1. The molecule has 6 heteroatoms. The summed E-state index contributed by atoms with van der Waals surface area (Å²) in [6, 6.07) is 4.67. The zero-order valence-electron chi connectivity index (χ0n) is 11.9. The molecule has 2 N–H and O–H groups in total. The summed E-state index contributed by atoms with van der Waals surface area (Å²) in [7, 11) is 1.81. The fraction of sp³-hybridized carbons (Fsp3) is 0.615. The highest BCUT2D eigenvalue weighted by Crippen LogP contribution is 2.21. The molecule has 1 heterocycles.